The fraction of sp³-hybridized carbons (Fsp3) is 0.323. The third-order valence-corrected chi connectivity index (χ3v) is 6.16. The number of Topliss-reactive ketones (excluding diaryl/α,β-unsaturated/α-hetero) is 1. The average molecular weight is 487 g/mol. The van der Waals surface area contributed by atoms with E-state index < -0.39 is 11.4 Å². The Kier molecular flexibility index (Phi) is 7.23. The molecule has 1 heterocycles. The molecule has 1 atom stereocenters. The van der Waals surface area contributed by atoms with Gasteiger partial charge in [-0.05, 0) is 48.6 Å². The highest BCUT2D eigenvalue weighted by molar-refractivity contribution is 6.07. The number of benzene rings is 3. The topological polar surface area (TPSA) is 65.0 Å². The summed E-state index contributed by atoms with van der Waals surface area (Å²) in [5.41, 5.74) is 1.60. The molecule has 1 aliphatic rings. The van der Waals surface area contributed by atoms with Crippen molar-refractivity contribution >= 4 is 11.9 Å². The highest BCUT2D eigenvalue weighted by Crippen LogP contribution is 2.43. The van der Waals surface area contributed by atoms with Crippen molar-refractivity contribution in [3.8, 4) is 17.2 Å². The van der Waals surface area contributed by atoms with Crippen molar-refractivity contribution in [2.45, 2.75) is 46.8 Å². The summed E-state index contributed by atoms with van der Waals surface area (Å²) in [6.07, 6.45) is 4.09. The first-order valence-electron chi connectivity index (χ1n) is 12.3. The predicted octanol–water partition coefficient (Wildman–Crippen LogP) is 6.49. The van der Waals surface area contributed by atoms with E-state index in [1.54, 1.807) is 24.3 Å². The summed E-state index contributed by atoms with van der Waals surface area (Å²) in [6, 6.07) is 18.5. The van der Waals surface area contributed by atoms with Crippen LogP contribution in [0.15, 0.2) is 66.7 Å². The molecule has 0 amide bonds. The van der Waals surface area contributed by atoms with Gasteiger partial charge in [0.1, 0.15) is 30.5 Å². The molecule has 4 rings (SSSR count). The van der Waals surface area contributed by atoms with Crippen molar-refractivity contribution in [1.29, 1.82) is 0 Å². The van der Waals surface area contributed by atoms with Crippen LogP contribution in [0.1, 0.15) is 60.3 Å². The predicted molar refractivity (Wildman–Crippen MR) is 142 cm³/mol. The van der Waals surface area contributed by atoms with E-state index in [1.165, 1.54) is 0 Å². The van der Waals surface area contributed by atoms with E-state index in [9.17, 15) is 9.90 Å². The van der Waals surface area contributed by atoms with Crippen molar-refractivity contribution < 1.29 is 24.1 Å². The second kappa shape index (κ2) is 10.2. The quantitative estimate of drug-likeness (QED) is 0.413. The van der Waals surface area contributed by atoms with Crippen LogP contribution in [-0.4, -0.2) is 24.1 Å². The van der Waals surface area contributed by atoms with Crippen LogP contribution in [0.2, 0.25) is 0 Å². The second-order valence-electron chi connectivity index (χ2n) is 10.2. The molecule has 188 valence electrons. The fourth-order valence-electron chi connectivity index (χ4n) is 4.19. The first kappa shape index (κ1) is 25.5. The van der Waals surface area contributed by atoms with Gasteiger partial charge in [-0.25, -0.2) is 0 Å². The highest BCUT2D eigenvalue weighted by atomic mass is 16.5. The molecule has 1 aliphatic heterocycles. The van der Waals surface area contributed by atoms with E-state index in [0.717, 1.165) is 16.7 Å². The molecule has 36 heavy (non-hydrogen) atoms. The first-order valence-corrected chi connectivity index (χ1v) is 12.3. The molecule has 0 aromatic heterocycles. The first-order chi connectivity index (χ1) is 17.1. The standard InChI is InChI=1S/C31H34O5/c1-6-34-23-13-15-26(27(18-23)35-19-22-10-8-7-9-11-22)31(33)20-36-28-24(16-17-30(3,4)5)21(2)12-14-25(28)29(31)32/h7-18,33H,6,19-20H2,1-5H3/b17-16-. The molecule has 3 aromatic rings. The summed E-state index contributed by atoms with van der Waals surface area (Å²) in [6.45, 7) is 10.8. The number of ether oxygens (including phenoxy) is 3. The number of carbonyl (C=O) groups is 1. The summed E-state index contributed by atoms with van der Waals surface area (Å²) in [7, 11) is 0. The summed E-state index contributed by atoms with van der Waals surface area (Å²) < 4.78 is 17.9. The largest absolute Gasteiger partial charge is 0.494 e. The summed E-state index contributed by atoms with van der Waals surface area (Å²) in [4.78, 5) is 13.8. The lowest BCUT2D eigenvalue weighted by Gasteiger charge is -2.34. The third-order valence-electron chi connectivity index (χ3n) is 6.16. The van der Waals surface area contributed by atoms with Crippen LogP contribution < -0.4 is 14.2 Å². The SMILES string of the molecule is CCOc1ccc(C2(O)COc3c(ccc(C)c3/C=C\C(C)(C)C)C2=O)c(OCc2ccccc2)c1. The Bertz CT molecular complexity index is 1270. The smallest absolute Gasteiger partial charge is 0.206 e. The van der Waals surface area contributed by atoms with Crippen LogP contribution in [0.3, 0.4) is 0 Å². The van der Waals surface area contributed by atoms with Crippen LogP contribution in [0.5, 0.6) is 17.2 Å². The molecule has 1 N–H and O–H groups in total. The Labute approximate surface area is 213 Å². The second-order valence-corrected chi connectivity index (χ2v) is 10.2. The maximum atomic E-state index is 13.8. The number of fused-ring (bicyclic) bond motifs is 1. The van der Waals surface area contributed by atoms with Crippen LogP contribution in [-0.2, 0) is 12.2 Å². The fourth-order valence-corrected chi connectivity index (χ4v) is 4.19. The van der Waals surface area contributed by atoms with Gasteiger partial charge in [-0.2, -0.15) is 0 Å². The highest BCUT2D eigenvalue weighted by Gasteiger charge is 2.46. The van der Waals surface area contributed by atoms with Gasteiger partial charge in [0, 0.05) is 17.2 Å². The molecule has 0 saturated heterocycles. The van der Waals surface area contributed by atoms with E-state index in [-0.39, 0.29) is 18.6 Å². The molecule has 0 saturated carbocycles. The van der Waals surface area contributed by atoms with E-state index in [2.05, 4.69) is 26.8 Å². The van der Waals surface area contributed by atoms with E-state index >= 15 is 0 Å². The Balaban J connectivity index is 1.73. The van der Waals surface area contributed by atoms with Gasteiger partial charge in [-0.3, -0.25) is 4.79 Å². The molecule has 0 bridgehead atoms. The molecule has 0 fully saturated rings. The maximum Gasteiger partial charge on any atom is 0.206 e. The lowest BCUT2D eigenvalue weighted by atomic mass is 9.82. The van der Waals surface area contributed by atoms with Gasteiger partial charge in [-0.15, -0.1) is 0 Å². The van der Waals surface area contributed by atoms with E-state index in [0.29, 0.717) is 35.0 Å². The van der Waals surface area contributed by atoms with Crippen molar-refractivity contribution in [2.24, 2.45) is 5.41 Å². The van der Waals surface area contributed by atoms with Crippen LogP contribution >= 0.6 is 0 Å². The minimum Gasteiger partial charge on any atom is -0.494 e. The lowest BCUT2D eigenvalue weighted by molar-refractivity contribution is -0.00676. The number of aryl methyl sites for hydroxylation is 1. The van der Waals surface area contributed by atoms with Crippen molar-refractivity contribution in [3.63, 3.8) is 0 Å². The zero-order chi connectivity index (χ0) is 25.9. The van der Waals surface area contributed by atoms with Gasteiger partial charge < -0.3 is 19.3 Å². The summed E-state index contributed by atoms with van der Waals surface area (Å²) >= 11 is 0. The number of ketones is 1. The number of hydrogen-bond donors (Lipinski definition) is 1. The number of aliphatic hydroxyl groups is 1. The minimum absolute atomic E-state index is 0.0259. The van der Waals surface area contributed by atoms with Crippen molar-refractivity contribution in [2.75, 3.05) is 13.2 Å². The monoisotopic (exact) mass is 486 g/mol. The molecule has 0 spiro atoms. The number of hydrogen-bond acceptors (Lipinski definition) is 5. The Hall–Kier alpha value is -3.57. The zero-order valence-corrected chi connectivity index (χ0v) is 21.6. The molecular formula is C31H34O5. The number of carbonyl (C=O) groups excluding carboxylic acids is 1. The molecule has 1 unspecified atom stereocenters. The summed E-state index contributed by atoms with van der Waals surface area (Å²) in [5.74, 6) is 1.07. The minimum atomic E-state index is -1.90. The van der Waals surface area contributed by atoms with Crippen molar-refractivity contribution in [3.05, 3.63) is 94.6 Å². The van der Waals surface area contributed by atoms with Crippen LogP contribution in [0.4, 0.5) is 0 Å². The molecule has 3 aromatic carbocycles. The Morgan fingerprint density at radius 1 is 1.06 bits per heavy atom. The normalized spacial score (nSPS) is 17.6. The van der Waals surface area contributed by atoms with Gasteiger partial charge in [-0.1, -0.05) is 69.3 Å². The average Bonchev–Trinajstić information content (AvgIpc) is 2.85. The van der Waals surface area contributed by atoms with Gasteiger partial charge >= 0.3 is 0 Å². The molecule has 5 nitrogen and oxygen atoms in total. The zero-order valence-electron chi connectivity index (χ0n) is 21.6. The number of rotatable bonds is 7. The van der Waals surface area contributed by atoms with Crippen molar-refractivity contribution in [1.82, 2.24) is 0 Å². The molecule has 5 heteroatoms. The van der Waals surface area contributed by atoms with E-state index in [4.69, 9.17) is 14.2 Å². The van der Waals surface area contributed by atoms with Gasteiger partial charge in [0.25, 0.3) is 0 Å². The van der Waals surface area contributed by atoms with E-state index in [1.807, 2.05) is 56.3 Å². The molecular weight excluding hydrogens is 452 g/mol. The number of allylic oxidation sites excluding steroid dienone is 1. The maximum absolute atomic E-state index is 13.8. The van der Waals surface area contributed by atoms with Gasteiger partial charge in [0.05, 0.1) is 12.2 Å². The Morgan fingerprint density at radius 2 is 1.81 bits per heavy atom. The molecule has 0 aliphatic carbocycles. The summed E-state index contributed by atoms with van der Waals surface area (Å²) in [5, 5.41) is 11.8. The molecule has 0 radical (unpaired) electrons. The van der Waals surface area contributed by atoms with Gasteiger partial charge in [0.15, 0.2) is 5.60 Å². The third kappa shape index (κ3) is 5.31. The van der Waals surface area contributed by atoms with Crippen LogP contribution in [0, 0.1) is 12.3 Å². The lowest BCUT2D eigenvalue weighted by Crippen LogP contribution is -2.45. The van der Waals surface area contributed by atoms with Gasteiger partial charge in [0.2, 0.25) is 5.78 Å². The van der Waals surface area contributed by atoms with Crippen LogP contribution in [0.25, 0.3) is 6.08 Å². The Morgan fingerprint density at radius 3 is 2.50 bits per heavy atom.